The first kappa shape index (κ1) is 22.1. The smallest absolute Gasteiger partial charge is 0.234 e. The summed E-state index contributed by atoms with van der Waals surface area (Å²) in [5, 5.41) is 31.1. The van der Waals surface area contributed by atoms with Crippen LogP contribution in [0.15, 0.2) is 18.3 Å². The number of aliphatic hydroxyl groups is 2. The summed E-state index contributed by atoms with van der Waals surface area (Å²) in [6.45, 7) is 3.22. The Hall–Kier alpha value is -1.08. The largest absolute Gasteiger partial charge is 0.390 e. The van der Waals surface area contributed by atoms with Crippen LogP contribution in [0.3, 0.4) is 0 Å². The van der Waals surface area contributed by atoms with Crippen LogP contribution in [0.2, 0.25) is 0 Å². The summed E-state index contributed by atoms with van der Waals surface area (Å²) in [7, 11) is 5.45. The van der Waals surface area contributed by atoms with E-state index in [1.807, 2.05) is 36.9 Å². The van der Waals surface area contributed by atoms with Crippen molar-refractivity contribution < 1.29 is 29.2 Å². The fraction of sp³-hybridized carbons (Fsp3) is 0.800. The average Bonchev–Trinajstić information content (AvgIpc) is 3.13. The highest BCUT2D eigenvalue weighted by atomic mass is 16.8. The second-order valence-electron chi connectivity index (χ2n) is 8.41. The van der Waals surface area contributed by atoms with Crippen molar-refractivity contribution >= 4 is 0 Å². The Bertz CT molecular complexity index is 719. The molecule has 10 heteroatoms. The van der Waals surface area contributed by atoms with Gasteiger partial charge in [0.1, 0.15) is 18.3 Å². The Morgan fingerprint density at radius 3 is 2.57 bits per heavy atom. The van der Waals surface area contributed by atoms with Gasteiger partial charge in [-0.25, -0.2) is 0 Å². The fourth-order valence-electron chi connectivity index (χ4n) is 4.70. The van der Waals surface area contributed by atoms with E-state index >= 15 is 0 Å². The molecule has 4 rings (SSSR count). The SMILES string of the molecule is CN[C@@H]1[C@H](O)[C@H](NC)C2O[C@]3(CNCc4cccn4C)OC[C@@H](C)OC3OC2[C@H]1O. The summed E-state index contributed by atoms with van der Waals surface area (Å²) in [6, 6.07) is 3.02. The highest BCUT2D eigenvalue weighted by molar-refractivity contribution is 5.10. The highest BCUT2D eigenvalue weighted by Gasteiger charge is 2.61. The molecule has 3 heterocycles. The molecule has 0 radical (unpaired) electrons. The third kappa shape index (κ3) is 3.81. The van der Waals surface area contributed by atoms with Crippen LogP contribution in [0.25, 0.3) is 0 Å². The predicted octanol–water partition coefficient (Wildman–Crippen LogP) is -1.73. The number of aromatic nitrogens is 1. The summed E-state index contributed by atoms with van der Waals surface area (Å²) in [5.74, 6) is -1.18. The Labute approximate surface area is 176 Å². The molecule has 9 atom stereocenters. The lowest BCUT2D eigenvalue weighted by molar-refractivity contribution is -0.460. The zero-order chi connectivity index (χ0) is 21.5. The summed E-state index contributed by atoms with van der Waals surface area (Å²) in [5.41, 5.74) is 1.12. The van der Waals surface area contributed by atoms with E-state index < -0.39 is 48.6 Å². The number of aliphatic hydroxyl groups excluding tert-OH is 2. The average molecular weight is 427 g/mol. The lowest BCUT2D eigenvalue weighted by atomic mass is 9.80. The first-order valence-electron chi connectivity index (χ1n) is 10.5. The topological polar surface area (TPSA) is 118 Å². The molecular formula is C20H34N4O6. The second-order valence-corrected chi connectivity index (χ2v) is 8.41. The molecule has 1 aliphatic carbocycles. The molecule has 3 unspecified atom stereocenters. The Morgan fingerprint density at radius 2 is 1.90 bits per heavy atom. The van der Waals surface area contributed by atoms with Crippen molar-refractivity contribution in [1.29, 1.82) is 0 Å². The van der Waals surface area contributed by atoms with Gasteiger partial charge in [-0.3, -0.25) is 0 Å². The second kappa shape index (κ2) is 8.81. The summed E-state index contributed by atoms with van der Waals surface area (Å²) >= 11 is 0. The molecule has 1 saturated carbocycles. The summed E-state index contributed by atoms with van der Waals surface area (Å²) in [4.78, 5) is 0. The number of likely N-dealkylation sites (N-methyl/N-ethyl adjacent to an activating group) is 2. The third-order valence-corrected chi connectivity index (χ3v) is 6.41. The maximum absolute atomic E-state index is 10.8. The monoisotopic (exact) mass is 426 g/mol. The molecule has 3 aliphatic rings. The van der Waals surface area contributed by atoms with Crippen molar-refractivity contribution in [1.82, 2.24) is 20.5 Å². The van der Waals surface area contributed by atoms with E-state index in [0.717, 1.165) is 5.69 Å². The molecule has 0 aromatic carbocycles. The molecule has 30 heavy (non-hydrogen) atoms. The minimum Gasteiger partial charge on any atom is -0.390 e. The minimum atomic E-state index is -1.18. The zero-order valence-corrected chi connectivity index (χ0v) is 17.9. The van der Waals surface area contributed by atoms with Crippen LogP contribution < -0.4 is 16.0 Å². The number of rotatable bonds is 6. The van der Waals surface area contributed by atoms with Gasteiger partial charge in [-0.1, -0.05) is 0 Å². The standard InChI is InChI=1S/C20H34N4O6/c1-11-9-27-20(10-23-8-12-6-5-7-24(12)4)19(28-11)29-18-16(26)13(21-2)15(25)14(22-3)17(18)30-20/h5-7,11,13-19,21-23,25-26H,8-10H2,1-4H3/t11-,13-,14+,15+,16+,17?,18?,19?,20+/m1/s1. The van der Waals surface area contributed by atoms with E-state index in [1.165, 1.54) is 0 Å². The Kier molecular flexibility index (Phi) is 6.50. The van der Waals surface area contributed by atoms with Crippen molar-refractivity contribution in [3.8, 4) is 0 Å². The van der Waals surface area contributed by atoms with Gasteiger partial charge in [-0.15, -0.1) is 0 Å². The number of nitrogens with zero attached hydrogens (tertiary/aromatic N) is 1. The molecule has 170 valence electrons. The van der Waals surface area contributed by atoms with E-state index in [4.69, 9.17) is 18.9 Å². The zero-order valence-electron chi connectivity index (χ0n) is 17.9. The van der Waals surface area contributed by atoms with Gasteiger partial charge in [0.2, 0.25) is 12.1 Å². The summed E-state index contributed by atoms with van der Waals surface area (Å²) in [6.07, 6.45) is -2.10. The van der Waals surface area contributed by atoms with E-state index in [1.54, 1.807) is 14.1 Å². The molecule has 2 saturated heterocycles. The van der Waals surface area contributed by atoms with Gasteiger partial charge < -0.3 is 49.7 Å². The van der Waals surface area contributed by atoms with Gasteiger partial charge in [0, 0.05) is 25.5 Å². The molecule has 10 nitrogen and oxygen atoms in total. The van der Waals surface area contributed by atoms with Crippen LogP contribution in [0.1, 0.15) is 12.6 Å². The quantitative estimate of drug-likeness (QED) is 0.362. The van der Waals surface area contributed by atoms with Gasteiger partial charge >= 0.3 is 0 Å². The lowest BCUT2D eigenvalue weighted by Gasteiger charge is -2.57. The van der Waals surface area contributed by atoms with Crippen LogP contribution in [0.4, 0.5) is 0 Å². The van der Waals surface area contributed by atoms with Crippen molar-refractivity contribution in [3.05, 3.63) is 24.0 Å². The fourth-order valence-corrected chi connectivity index (χ4v) is 4.70. The third-order valence-electron chi connectivity index (χ3n) is 6.41. The molecule has 0 bridgehead atoms. The molecule has 3 fully saturated rings. The van der Waals surface area contributed by atoms with Crippen LogP contribution in [0.5, 0.6) is 0 Å². The van der Waals surface area contributed by atoms with E-state index in [2.05, 4.69) is 16.0 Å². The van der Waals surface area contributed by atoms with E-state index in [-0.39, 0.29) is 6.10 Å². The number of ether oxygens (including phenoxy) is 4. The number of hydrogen-bond donors (Lipinski definition) is 5. The van der Waals surface area contributed by atoms with Crippen molar-refractivity contribution in [3.63, 3.8) is 0 Å². The maximum Gasteiger partial charge on any atom is 0.234 e. The number of aryl methyl sites for hydroxylation is 1. The molecule has 5 N–H and O–H groups in total. The molecule has 1 aromatic heterocycles. The van der Waals surface area contributed by atoms with Gasteiger partial charge in [0.15, 0.2) is 0 Å². The first-order valence-corrected chi connectivity index (χ1v) is 10.5. The van der Waals surface area contributed by atoms with Crippen molar-refractivity contribution in [2.75, 3.05) is 27.2 Å². The number of nitrogens with one attached hydrogen (secondary N) is 3. The highest BCUT2D eigenvalue weighted by Crippen LogP contribution is 2.40. The molecule has 0 amide bonds. The van der Waals surface area contributed by atoms with E-state index in [0.29, 0.717) is 19.7 Å². The lowest BCUT2D eigenvalue weighted by Crippen LogP contribution is -2.78. The maximum atomic E-state index is 10.8. The molecular weight excluding hydrogens is 392 g/mol. The summed E-state index contributed by atoms with van der Waals surface area (Å²) < 4.78 is 26.9. The molecule has 1 aromatic rings. The van der Waals surface area contributed by atoms with E-state index in [9.17, 15) is 10.2 Å². The minimum absolute atomic E-state index is 0.164. The first-order chi connectivity index (χ1) is 14.4. The van der Waals surface area contributed by atoms with Gasteiger partial charge in [0.05, 0.1) is 37.4 Å². The number of hydrogen-bond acceptors (Lipinski definition) is 9. The van der Waals surface area contributed by atoms with Crippen molar-refractivity contribution in [2.24, 2.45) is 7.05 Å². The normalized spacial score (nSPS) is 43.8. The van der Waals surface area contributed by atoms with Crippen LogP contribution in [-0.4, -0.2) is 96.7 Å². The van der Waals surface area contributed by atoms with Crippen LogP contribution in [-0.2, 0) is 32.5 Å². The molecule has 2 aliphatic heterocycles. The Balaban J connectivity index is 1.55. The van der Waals surface area contributed by atoms with Gasteiger partial charge in [0.25, 0.3) is 0 Å². The van der Waals surface area contributed by atoms with Crippen LogP contribution in [0, 0.1) is 0 Å². The molecule has 0 spiro atoms. The Morgan fingerprint density at radius 1 is 1.13 bits per heavy atom. The van der Waals surface area contributed by atoms with Gasteiger partial charge in [-0.2, -0.15) is 0 Å². The number of fused-ring (bicyclic) bond motifs is 2. The van der Waals surface area contributed by atoms with Crippen LogP contribution >= 0.6 is 0 Å². The predicted molar refractivity (Wildman–Crippen MR) is 108 cm³/mol. The van der Waals surface area contributed by atoms with Crippen molar-refractivity contribution in [2.45, 2.75) is 68.1 Å². The van der Waals surface area contributed by atoms with Gasteiger partial charge in [-0.05, 0) is 33.2 Å².